The smallest absolute Gasteiger partial charge is 0.422 e. The van der Waals surface area contributed by atoms with E-state index in [1.165, 1.54) is 12.1 Å². The summed E-state index contributed by atoms with van der Waals surface area (Å²) in [6, 6.07) is 6.13. The van der Waals surface area contributed by atoms with Gasteiger partial charge in [0.25, 0.3) is 0 Å². The van der Waals surface area contributed by atoms with Crippen molar-refractivity contribution in [2.75, 3.05) is 13.2 Å². The van der Waals surface area contributed by atoms with Gasteiger partial charge in [0.2, 0.25) is 0 Å². The molecule has 0 heterocycles. The van der Waals surface area contributed by atoms with E-state index in [0.29, 0.717) is 13.0 Å². The summed E-state index contributed by atoms with van der Waals surface area (Å²) in [7, 11) is 0. The Bertz CT molecular complexity index is 400. The second kappa shape index (κ2) is 6.16. The summed E-state index contributed by atoms with van der Waals surface area (Å²) in [5.74, 6) is 5.84. The van der Waals surface area contributed by atoms with E-state index in [-0.39, 0.29) is 5.75 Å². The van der Waals surface area contributed by atoms with Crippen LogP contribution in [0.25, 0.3) is 0 Å². The summed E-state index contributed by atoms with van der Waals surface area (Å²) in [5.41, 5.74) is 5.99. The minimum atomic E-state index is -4.32. The molecular formula is C12H12F3NO. The molecule has 0 radical (unpaired) electrons. The molecule has 0 spiro atoms. The first-order valence-corrected chi connectivity index (χ1v) is 5.00. The van der Waals surface area contributed by atoms with Crippen molar-refractivity contribution in [1.29, 1.82) is 0 Å². The highest BCUT2D eigenvalue weighted by Gasteiger charge is 2.28. The van der Waals surface area contributed by atoms with Gasteiger partial charge in [0.1, 0.15) is 5.75 Å². The molecule has 0 aromatic heterocycles. The van der Waals surface area contributed by atoms with Gasteiger partial charge in [0, 0.05) is 18.5 Å². The quantitative estimate of drug-likeness (QED) is 0.827. The number of hydrogen-bond acceptors (Lipinski definition) is 2. The van der Waals surface area contributed by atoms with Crippen LogP contribution in [0.1, 0.15) is 12.0 Å². The van der Waals surface area contributed by atoms with E-state index < -0.39 is 12.8 Å². The molecule has 5 heteroatoms. The fourth-order valence-electron chi connectivity index (χ4n) is 1.04. The molecular weight excluding hydrogens is 231 g/mol. The van der Waals surface area contributed by atoms with E-state index in [9.17, 15) is 13.2 Å². The Balaban J connectivity index is 2.54. The molecule has 0 aliphatic carbocycles. The van der Waals surface area contributed by atoms with Crippen LogP contribution in [0.3, 0.4) is 0 Å². The Morgan fingerprint density at radius 1 is 1.18 bits per heavy atom. The maximum atomic E-state index is 11.9. The zero-order chi connectivity index (χ0) is 12.7. The van der Waals surface area contributed by atoms with Crippen molar-refractivity contribution in [1.82, 2.24) is 0 Å². The number of nitrogens with two attached hydrogens (primary N) is 1. The number of ether oxygens (including phenoxy) is 1. The predicted molar refractivity (Wildman–Crippen MR) is 58.5 cm³/mol. The monoisotopic (exact) mass is 243 g/mol. The van der Waals surface area contributed by atoms with Crippen molar-refractivity contribution >= 4 is 0 Å². The standard InChI is InChI=1S/C12H12F3NO/c13-12(14,15)9-17-11-6-4-10(5-7-11)3-1-2-8-16/h4-7H,2,8-9,16H2. The Morgan fingerprint density at radius 3 is 2.35 bits per heavy atom. The number of benzene rings is 1. The molecule has 0 aliphatic rings. The summed E-state index contributed by atoms with van der Waals surface area (Å²) in [4.78, 5) is 0. The summed E-state index contributed by atoms with van der Waals surface area (Å²) in [6.07, 6.45) is -3.73. The van der Waals surface area contributed by atoms with Crippen LogP contribution in [0, 0.1) is 11.8 Å². The van der Waals surface area contributed by atoms with E-state index in [4.69, 9.17) is 5.73 Å². The summed E-state index contributed by atoms with van der Waals surface area (Å²) in [5, 5.41) is 0. The van der Waals surface area contributed by atoms with Crippen molar-refractivity contribution in [2.24, 2.45) is 5.73 Å². The maximum Gasteiger partial charge on any atom is 0.422 e. The Kier molecular flexibility index (Phi) is 4.85. The molecule has 0 amide bonds. The van der Waals surface area contributed by atoms with Crippen LogP contribution in [0.15, 0.2) is 24.3 Å². The van der Waals surface area contributed by atoms with Crippen molar-refractivity contribution in [3.05, 3.63) is 29.8 Å². The topological polar surface area (TPSA) is 35.2 Å². The van der Waals surface area contributed by atoms with Gasteiger partial charge in [-0.15, -0.1) is 0 Å². The predicted octanol–water partition coefficient (Wildman–Crippen LogP) is 2.33. The van der Waals surface area contributed by atoms with Gasteiger partial charge in [-0.2, -0.15) is 13.2 Å². The lowest BCUT2D eigenvalue weighted by Gasteiger charge is -2.08. The zero-order valence-corrected chi connectivity index (χ0v) is 9.05. The molecule has 17 heavy (non-hydrogen) atoms. The van der Waals surface area contributed by atoms with Crippen LogP contribution in [0.5, 0.6) is 5.75 Å². The van der Waals surface area contributed by atoms with E-state index in [1.807, 2.05) is 0 Å². The third-order valence-electron chi connectivity index (χ3n) is 1.76. The normalized spacial score (nSPS) is 10.6. The molecule has 1 rings (SSSR count). The molecule has 0 atom stereocenters. The fourth-order valence-corrected chi connectivity index (χ4v) is 1.04. The third kappa shape index (κ3) is 5.83. The van der Waals surface area contributed by atoms with Gasteiger partial charge in [0.15, 0.2) is 6.61 Å². The van der Waals surface area contributed by atoms with Crippen molar-refractivity contribution in [3.63, 3.8) is 0 Å². The van der Waals surface area contributed by atoms with E-state index in [2.05, 4.69) is 16.6 Å². The first-order valence-electron chi connectivity index (χ1n) is 5.00. The average molecular weight is 243 g/mol. The molecule has 0 saturated heterocycles. The lowest BCUT2D eigenvalue weighted by molar-refractivity contribution is -0.153. The average Bonchev–Trinajstić information content (AvgIpc) is 2.27. The Hall–Kier alpha value is -1.67. The van der Waals surface area contributed by atoms with E-state index in [1.54, 1.807) is 12.1 Å². The van der Waals surface area contributed by atoms with Gasteiger partial charge >= 0.3 is 6.18 Å². The SMILES string of the molecule is NCCC#Cc1ccc(OCC(F)(F)F)cc1. The number of halogens is 3. The summed E-state index contributed by atoms with van der Waals surface area (Å²) >= 11 is 0. The number of hydrogen-bond donors (Lipinski definition) is 1. The first-order chi connectivity index (χ1) is 8.01. The minimum Gasteiger partial charge on any atom is -0.484 e. The fraction of sp³-hybridized carbons (Fsp3) is 0.333. The molecule has 1 aromatic carbocycles. The van der Waals surface area contributed by atoms with Crippen LogP contribution in [0.2, 0.25) is 0 Å². The molecule has 0 bridgehead atoms. The minimum absolute atomic E-state index is 0.173. The van der Waals surface area contributed by atoms with Crippen LogP contribution < -0.4 is 10.5 Å². The van der Waals surface area contributed by atoms with Crippen LogP contribution in [-0.4, -0.2) is 19.3 Å². The lowest BCUT2D eigenvalue weighted by atomic mass is 10.2. The van der Waals surface area contributed by atoms with Gasteiger partial charge < -0.3 is 10.5 Å². The highest BCUT2D eigenvalue weighted by atomic mass is 19.4. The second-order valence-electron chi connectivity index (χ2n) is 3.27. The van der Waals surface area contributed by atoms with Gasteiger partial charge in [-0.1, -0.05) is 11.8 Å². The lowest BCUT2D eigenvalue weighted by Crippen LogP contribution is -2.19. The third-order valence-corrected chi connectivity index (χ3v) is 1.76. The van der Waals surface area contributed by atoms with Crippen LogP contribution in [-0.2, 0) is 0 Å². The zero-order valence-electron chi connectivity index (χ0n) is 9.05. The molecule has 2 nitrogen and oxygen atoms in total. The van der Waals surface area contributed by atoms with E-state index >= 15 is 0 Å². The Labute approximate surface area is 97.6 Å². The molecule has 0 aliphatic heterocycles. The molecule has 2 N–H and O–H groups in total. The van der Waals surface area contributed by atoms with Crippen molar-refractivity contribution < 1.29 is 17.9 Å². The summed E-state index contributed by atoms with van der Waals surface area (Å²) < 4.78 is 40.2. The molecule has 0 unspecified atom stereocenters. The molecule has 0 fully saturated rings. The molecule has 0 saturated carbocycles. The van der Waals surface area contributed by atoms with E-state index in [0.717, 1.165) is 5.56 Å². The van der Waals surface area contributed by atoms with Gasteiger partial charge in [0.05, 0.1) is 0 Å². The van der Waals surface area contributed by atoms with Crippen LogP contribution >= 0.6 is 0 Å². The Morgan fingerprint density at radius 2 is 1.82 bits per heavy atom. The molecule has 92 valence electrons. The van der Waals surface area contributed by atoms with Gasteiger partial charge in [-0.3, -0.25) is 0 Å². The number of rotatable bonds is 3. The second-order valence-corrected chi connectivity index (χ2v) is 3.27. The maximum absolute atomic E-state index is 11.9. The first kappa shape index (κ1) is 13.4. The van der Waals surface area contributed by atoms with Crippen molar-refractivity contribution in [2.45, 2.75) is 12.6 Å². The number of alkyl halides is 3. The van der Waals surface area contributed by atoms with Crippen LogP contribution in [0.4, 0.5) is 13.2 Å². The highest BCUT2D eigenvalue weighted by molar-refractivity contribution is 5.38. The van der Waals surface area contributed by atoms with Gasteiger partial charge in [-0.05, 0) is 24.3 Å². The molecule has 1 aromatic rings. The highest BCUT2D eigenvalue weighted by Crippen LogP contribution is 2.18. The largest absolute Gasteiger partial charge is 0.484 e. The summed E-state index contributed by atoms with van der Waals surface area (Å²) in [6.45, 7) is -0.801. The van der Waals surface area contributed by atoms with Crippen molar-refractivity contribution in [3.8, 4) is 17.6 Å². The van der Waals surface area contributed by atoms with Gasteiger partial charge in [-0.25, -0.2) is 0 Å².